The van der Waals surface area contributed by atoms with Crippen molar-refractivity contribution in [1.29, 1.82) is 0 Å². The van der Waals surface area contributed by atoms with E-state index >= 15 is 0 Å². The molecule has 1 saturated heterocycles. The van der Waals surface area contributed by atoms with E-state index in [1.54, 1.807) is 52.2 Å². The number of rotatable bonds is 7. The van der Waals surface area contributed by atoms with Gasteiger partial charge in [0, 0.05) is 38.1 Å². The number of anilines is 1. The van der Waals surface area contributed by atoms with Crippen molar-refractivity contribution in [3.05, 3.63) is 113 Å². The van der Waals surface area contributed by atoms with Crippen LogP contribution in [0.4, 0.5) is 18.9 Å². The van der Waals surface area contributed by atoms with Gasteiger partial charge < -0.3 is 14.5 Å². The molecule has 2 heterocycles. The number of aromatic nitrogens is 2. The fourth-order valence-corrected chi connectivity index (χ4v) is 4.24. The summed E-state index contributed by atoms with van der Waals surface area (Å²) in [6.45, 7) is 2.62. The molecule has 1 amide bonds. The van der Waals surface area contributed by atoms with Crippen LogP contribution in [0.1, 0.15) is 21.5 Å². The molecule has 4 aromatic rings. The molecule has 1 aliphatic heterocycles. The third-order valence-corrected chi connectivity index (χ3v) is 6.26. The Kier molecular flexibility index (Phi) is 7.11. The summed E-state index contributed by atoms with van der Waals surface area (Å²) in [7, 11) is 0. The predicted molar refractivity (Wildman–Crippen MR) is 133 cm³/mol. The smallest absolute Gasteiger partial charge is 0.261 e. The van der Waals surface area contributed by atoms with E-state index in [0.29, 0.717) is 38.3 Å². The quantitative estimate of drug-likeness (QED) is 0.358. The number of carbonyl (C=O) groups is 1. The fraction of sp³-hybridized carbons (Fsp3) is 0.214. The van der Waals surface area contributed by atoms with Crippen molar-refractivity contribution in [2.24, 2.45) is 0 Å². The standard InChI is InChI=1S/C28H25F3N4O2/c29-22-5-1-20(2-6-22)17-35-18-26(27(32-35)37-19-21-3-7-23(30)8-4-21)28(36)34-15-13-33(14-16-34)25-11-9-24(31)10-12-25/h1-12,18H,13-17,19H2. The lowest BCUT2D eigenvalue weighted by atomic mass is 10.2. The van der Waals surface area contributed by atoms with Crippen LogP contribution in [0.15, 0.2) is 79.0 Å². The van der Waals surface area contributed by atoms with Gasteiger partial charge in [0.15, 0.2) is 0 Å². The number of carbonyl (C=O) groups excluding carboxylic acids is 1. The third kappa shape index (κ3) is 5.94. The maximum Gasteiger partial charge on any atom is 0.261 e. The molecule has 190 valence electrons. The molecule has 6 nitrogen and oxygen atoms in total. The Morgan fingerprint density at radius 2 is 1.30 bits per heavy atom. The number of benzene rings is 3. The molecule has 3 aromatic carbocycles. The molecule has 1 fully saturated rings. The highest BCUT2D eigenvalue weighted by Crippen LogP contribution is 2.23. The van der Waals surface area contributed by atoms with Crippen LogP contribution in [-0.2, 0) is 13.2 Å². The second-order valence-electron chi connectivity index (χ2n) is 8.84. The minimum Gasteiger partial charge on any atom is -0.471 e. The van der Waals surface area contributed by atoms with Gasteiger partial charge in [-0.3, -0.25) is 9.48 Å². The molecule has 9 heteroatoms. The van der Waals surface area contributed by atoms with Crippen LogP contribution in [-0.4, -0.2) is 46.8 Å². The Hall–Kier alpha value is -4.27. The van der Waals surface area contributed by atoms with E-state index in [4.69, 9.17) is 4.74 Å². The Bertz CT molecular complexity index is 1350. The molecular weight excluding hydrogens is 481 g/mol. The topological polar surface area (TPSA) is 50.6 Å². The second-order valence-corrected chi connectivity index (χ2v) is 8.84. The number of nitrogens with zero attached hydrogens (tertiary/aromatic N) is 4. The maximum absolute atomic E-state index is 13.5. The van der Waals surface area contributed by atoms with Crippen molar-refractivity contribution in [1.82, 2.24) is 14.7 Å². The third-order valence-electron chi connectivity index (χ3n) is 6.26. The number of amides is 1. The van der Waals surface area contributed by atoms with Crippen molar-refractivity contribution in [3.8, 4) is 5.88 Å². The molecule has 0 radical (unpaired) electrons. The summed E-state index contributed by atoms with van der Waals surface area (Å²) in [5.41, 5.74) is 2.78. The highest BCUT2D eigenvalue weighted by Gasteiger charge is 2.27. The second kappa shape index (κ2) is 10.8. The molecule has 0 bridgehead atoms. The van der Waals surface area contributed by atoms with Gasteiger partial charge in [-0.05, 0) is 59.7 Å². The van der Waals surface area contributed by atoms with Gasteiger partial charge in [0.05, 0.1) is 6.54 Å². The molecule has 0 aliphatic carbocycles. The summed E-state index contributed by atoms with van der Waals surface area (Å²) < 4.78 is 47.3. The highest BCUT2D eigenvalue weighted by molar-refractivity contribution is 5.96. The maximum atomic E-state index is 13.5. The first-order valence-electron chi connectivity index (χ1n) is 11.9. The molecule has 0 saturated carbocycles. The number of piperazine rings is 1. The van der Waals surface area contributed by atoms with E-state index < -0.39 is 0 Å². The largest absolute Gasteiger partial charge is 0.471 e. The van der Waals surface area contributed by atoms with Crippen LogP contribution in [0, 0.1) is 17.5 Å². The Morgan fingerprint density at radius 1 is 0.757 bits per heavy atom. The average molecular weight is 507 g/mol. The van der Waals surface area contributed by atoms with Crippen LogP contribution in [0.3, 0.4) is 0 Å². The van der Waals surface area contributed by atoms with Crippen molar-refractivity contribution in [3.63, 3.8) is 0 Å². The predicted octanol–water partition coefficient (Wildman–Crippen LogP) is 4.89. The number of hydrogen-bond donors (Lipinski definition) is 0. The van der Waals surface area contributed by atoms with Gasteiger partial charge in [-0.25, -0.2) is 13.2 Å². The monoisotopic (exact) mass is 506 g/mol. The zero-order chi connectivity index (χ0) is 25.8. The molecule has 5 rings (SSSR count). The fourth-order valence-electron chi connectivity index (χ4n) is 4.24. The van der Waals surface area contributed by atoms with Crippen molar-refractivity contribution in [2.45, 2.75) is 13.2 Å². The molecule has 37 heavy (non-hydrogen) atoms. The lowest BCUT2D eigenvalue weighted by molar-refractivity contribution is 0.0741. The van der Waals surface area contributed by atoms with Gasteiger partial charge >= 0.3 is 0 Å². The van der Waals surface area contributed by atoms with Gasteiger partial charge in [-0.1, -0.05) is 24.3 Å². The minimum absolute atomic E-state index is 0.118. The molecule has 0 N–H and O–H groups in total. The van der Waals surface area contributed by atoms with Gasteiger partial charge in [-0.2, -0.15) is 0 Å². The first kappa shape index (κ1) is 24.4. The van der Waals surface area contributed by atoms with Crippen LogP contribution in [0.25, 0.3) is 0 Å². The molecular formula is C28H25F3N4O2. The van der Waals surface area contributed by atoms with Gasteiger partial charge in [0.25, 0.3) is 5.91 Å². The number of halogens is 3. The zero-order valence-electron chi connectivity index (χ0n) is 20.0. The summed E-state index contributed by atoms with van der Waals surface area (Å²) >= 11 is 0. The molecule has 1 aliphatic rings. The SMILES string of the molecule is O=C(c1cn(Cc2ccc(F)cc2)nc1OCc1ccc(F)cc1)N1CCN(c2ccc(F)cc2)CC1. The summed E-state index contributed by atoms with van der Waals surface area (Å²) in [5, 5.41) is 4.48. The van der Waals surface area contributed by atoms with E-state index in [2.05, 4.69) is 10.00 Å². The summed E-state index contributed by atoms with van der Waals surface area (Å²) in [6, 6.07) is 18.3. The summed E-state index contributed by atoms with van der Waals surface area (Å²) in [6.07, 6.45) is 1.64. The molecule has 0 spiro atoms. The normalized spacial score (nSPS) is 13.6. The van der Waals surface area contributed by atoms with E-state index in [1.165, 1.54) is 36.4 Å². The van der Waals surface area contributed by atoms with Crippen LogP contribution >= 0.6 is 0 Å². The van der Waals surface area contributed by atoms with E-state index in [9.17, 15) is 18.0 Å². The van der Waals surface area contributed by atoms with Crippen LogP contribution in [0.5, 0.6) is 5.88 Å². The van der Waals surface area contributed by atoms with E-state index in [-0.39, 0.29) is 35.8 Å². The lowest BCUT2D eigenvalue weighted by Crippen LogP contribution is -2.48. The lowest BCUT2D eigenvalue weighted by Gasteiger charge is -2.36. The number of ether oxygens (including phenoxy) is 1. The summed E-state index contributed by atoms with van der Waals surface area (Å²) in [4.78, 5) is 17.3. The van der Waals surface area contributed by atoms with Crippen molar-refractivity contribution < 1.29 is 22.7 Å². The van der Waals surface area contributed by atoms with Crippen LogP contribution < -0.4 is 9.64 Å². The highest BCUT2D eigenvalue weighted by atomic mass is 19.1. The molecule has 1 aromatic heterocycles. The van der Waals surface area contributed by atoms with Crippen molar-refractivity contribution >= 4 is 11.6 Å². The van der Waals surface area contributed by atoms with E-state index in [1.807, 2.05) is 0 Å². The average Bonchev–Trinajstić information content (AvgIpc) is 3.32. The van der Waals surface area contributed by atoms with Gasteiger partial charge in [-0.15, -0.1) is 5.10 Å². The first-order valence-corrected chi connectivity index (χ1v) is 11.9. The molecule has 0 atom stereocenters. The van der Waals surface area contributed by atoms with E-state index in [0.717, 1.165) is 16.8 Å². The minimum atomic E-state index is -0.344. The zero-order valence-corrected chi connectivity index (χ0v) is 20.0. The van der Waals surface area contributed by atoms with Crippen molar-refractivity contribution in [2.75, 3.05) is 31.1 Å². The number of hydrogen-bond acceptors (Lipinski definition) is 4. The van der Waals surface area contributed by atoms with Gasteiger partial charge in [0.2, 0.25) is 5.88 Å². The first-order chi connectivity index (χ1) is 17.9. The summed E-state index contributed by atoms with van der Waals surface area (Å²) in [5.74, 6) is -0.995. The molecule has 0 unspecified atom stereocenters. The Labute approximate surface area is 212 Å². The van der Waals surface area contributed by atoms with Crippen LogP contribution in [0.2, 0.25) is 0 Å². The van der Waals surface area contributed by atoms with Gasteiger partial charge in [0.1, 0.15) is 29.6 Å². The Morgan fingerprint density at radius 3 is 1.89 bits per heavy atom. The Balaban J connectivity index is 1.32.